The second-order valence-electron chi connectivity index (χ2n) is 7.25. The van der Waals surface area contributed by atoms with Crippen LogP contribution in [-0.2, 0) is 23.2 Å². The highest BCUT2D eigenvalue weighted by Crippen LogP contribution is 2.50. The number of hydrogen-bond donors (Lipinski definition) is 0. The third-order valence-corrected chi connectivity index (χ3v) is 5.76. The van der Waals surface area contributed by atoms with Crippen LogP contribution in [0.5, 0.6) is 0 Å². The van der Waals surface area contributed by atoms with E-state index in [0.29, 0.717) is 19.8 Å². The Labute approximate surface area is 168 Å². The van der Waals surface area contributed by atoms with Gasteiger partial charge in [0, 0.05) is 0 Å². The minimum Gasteiger partial charge on any atom is -0.285 e. The molecule has 0 amide bonds. The lowest BCUT2D eigenvalue weighted by Gasteiger charge is -2.17. The van der Waals surface area contributed by atoms with E-state index in [9.17, 15) is 4.57 Å². The first-order valence-electron chi connectivity index (χ1n) is 11.4. The fraction of sp³-hybridized carbons (Fsp3) is 1.00. The van der Waals surface area contributed by atoms with Crippen LogP contribution in [0.1, 0.15) is 117 Å². The Kier molecular flexibility index (Phi) is 20.8. The van der Waals surface area contributed by atoms with Crippen LogP contribution in [-0.4, -0.2) is 19.8 Å². The lowest BCUT2D eigenvalue weighted by molar-refractivity contribution is -0.227. The van der Waals surface area contributed by atoms with Crippen LogP contribution in [0.4, 0.5) is 0 Å². The zero-order valence-electron chi connectivity index (χ0n) is 18.2. The fourth-order valence-corrected chi connectivity index (χ4v) is 3.78. The molecule has 0 saturated heterocycles. The molecule has 0 unspecified atom stereocenters. The molecule has 0 aliphatic heterocycles. The molecule has 27 heavy (non-hydrogen) atoms. The van der Waals surface area contributed by atoms with Gasteiger partial charge in [0.15, 0.2) is 0 Å². The molecule has 0 aromatic rings. The molecular formula is C21H45O5P. The quantitative estimate of drug-likeness (QED) is 0.0786. The van der Waals surface area contributed by atoms with Gasteiger partial charge in [0.2, 0.25) is 0 Å². The number of rotatable bonds is 22. The summed E-state index contributed by atoms with van der Waals surface area (Å²) in [7, 11) is -3.61. The van der Waals surface area contributed by atoms with Gasteiger partial charge in [-0.3, -0.25) is 9.05 Å². The molecule has 0 aliphatic carbocycles. The SMILES string of the molecule is CCCCCCCCOP(=O)(OCCCCCCCC)OOCCCCC. The number of hydrogen-bond acceptors (Lipinski definition) is 5. The Bertz CT molecular complexity index is 317. The van der Waals surface area contributed by atoms with Crippen molar-refractivity contribution in [3.05, 3.63) is 0 Å². The van der Waals surface area contributed by atoms with Crippen molar-refractivity contribution < 1.29 is 23.2 Å². The van der Waals surface area contributed by atoms with Gasteiger partial charge < -0.3 is 0 Å². The maximum Gasteiger partial charge on any atom is 0.502 e. The molecule has 0 spiro atoms. The highest BCUT2D eigenvalue weighted by molar-refractivity contribution is 7.48. The van der Waals surface area contributed by atoms with Crippen molar-refractivity contribution in [1.29, 1.82) is 0 Å². The number of phosphoric ester groups is 1. The van der Waals surface area contributed by atoms with Gasteiger partial charge in [-0.2, -0.15) is 0 Å². The molecule has 0 N–H and O–H groups in total. The molecule has 0 saturated carbocycles. The molecule has 0 atom stereocenters. The molecule has 0 aromatic heterocycles. The summed E-state index contributed by atoms with van der Waals surface area (Å²) in [6.07, 6.45) is 16.8. The minimum atomic E-state index is -3.61. The molecule has 0 heterocycles. The Morgan fingerprint density at radius 1 is 0.519 bits per heavy atom. The summed E-state index contributed by atoms with van der Waals surface area (Å²) < 4.78 is 28.7. The van der Waals surface area contributed by atoms with Crippen LogP contribution >= 0.6 is 7.82 Å². The summed E-state index contributed by atoms with van der Waals surface area (Å²) in [6.45, 7) is 7.73. The van der Waals surface area contributed by atoms with E-state index in [0.717, 1.165) is 44.9 Å². The highest BCUT2D eigenvalue weighted by Gasteiger charge is 2.28. The lowest BCUT2D eigenvalue weighted by atomic mass is 10.1. The summed E-state index contributed by atoms with van der Waals surface area (Å²) in [5.41, 5.74) is 0. The third kappa shape index (κ3) is 19.2. The maximum absolute atomic E-state index is 12.7. The van der Waals surface area contributed by atoms with E-state index in [2.05, 4.69) is 20.8 Å². The maximum atomic E-state index is 12.7. The Balaban J connectivity index is 4.02. The summed E-state index contributed by atoms with van der Waals surface area (Å²) in [5, 5.41) is 0. The summed E-state index contributed by atoms with van der Waals surface area (Å²) in [4.78, 5) is 5.11. The van der Waals surface area contributed by atoms with E-state index in [1.807, 2.05) is 0 Å². The van der Waals surface area contributed by atoms with Crippen molar-refractivity contribution in [2.24, 2.45) is 0 Å². The Hall–Kier alpha value is 0.0700. The van der Waals surface area contributed by atoms with Gasteiger partial charge in [0.1, 0.15) is 0 Å². The molecule has 0 bridgehead atoms. The van der Waals surface area contributed by atoms with Gasteiger partial charge in [-0.05, 0) is 19.3 Å². The fourth-order valence-electron chi connectivity index (χ4n) is 2.71. The second kappa shape index (κ2) is 20.8. The summed E-state index contributed by atoms with van der Waals surface area (Å²) in [5.74, 6) is 0. The van der Waals surface area contributed by atoms with Crippen LogP contribution in [0.3, 0.4) is 0 Å². The van der Waals surface area contributed by atoms with E-state index < -0.39 is 7.82 Å². The first kappa shape index (κ1) is 27.1. The van der Waals surface area contributed by atoms with Crippen molar-refractivity contribution in [2.75, 3.05) is 19.8 Å². The van der Waals surface area contributed by atoms with E-state index in [4.69, 9.17) is 18.6 Å². The van der Waals surface area contributed by atoms with Gasteiger partial charge >= 0.3 is 7.82 Å². The minimum absolute atomic E-state index is 0.387. The first-order chi connectivity index (χ1) is 13.2. The number of unbranched alkanes of at least 4 members (excludes halogenated alkanes) is 12. The van der Waals surface area contributed by atoms with Crippen LogP contribution < -0.4 is 0 Å². The van der Waals surface area contributed by atoms with Gasteiger partial charge in [-0.1, -0.05) is 97.8 Å². The van der Waals surface area contributed by atoms with Gasteiger partial charge in [0.05, 0.1) is 19.8 Å². The van der Waals surface area contributed by atoms with Crippen LogP contribution in [0.25, 0.3) is 0 Å². The second-order valence-corrected chi connectivity index (χ2v) is 8.81. The van der Waals surface area contributed by atoms with Crippen molar-refractivity contribution in [3.8, 4) is 0 Å². The van der Waals surface area contributed by atoms with Crippen molar-refractivity contribution in [3.63, 3.8) is 0 Å². The normalized spacial score (nSPS) is 12.0. The van der Waals surface area contributed by atoms with E-state index in [1.165, 1.54) is 51.4 Å². The molecule has 6 heteroatoms. The van der Waals surface area contributed by atoms with Crippen molar-refractivity contribution in [1.82, 2.24) is 0 Å². The smallest absolute Gasteiger partial charge is 0.285 e. The lowest BCUT2D eigenvalue weighted by Crippen LogP contribution is -2.05. The molecule has 0 aliphatic rings. The standard InChI is InChI=1S/C21H45O5P/c1-4-7-10-12-14-17-20-24-27(22,26-23-19-16-9-6-3)25-21-18-15-13-11-8-5-2/h4-21H2,1-3H3. The average molecular weight is 409 g/mol. The molecule has 164 valence electrons. The Morgan fingerprint density at radius 3 is 1.37 bits per heavy atom. The molecule has 0 rings (SSSR count). The summed E-state index contributed by atoms with van der Waals surface area (Å²) >= 11 is 0. The van der Waals surface area contributed by atoms with Crippen molar-refractivity contribution >= 4 is 7.82 Å². The van der Waals surface area contributed by atoms with Gasteiger partial charge in [-0.15, -0.1) is 4.67 Å². The topological polar surface area (TPSA) is 54.0 Å². The van der Waals surface area contributed by atoms with Gasteiger partial charge in [0.25, 0.3) is 0 Å². The average Bonchev–Trinajstić information content (AvgIpc) is 2.66. The highest BCUT2D eigenvalue weighted by atomic mass is 31.2. The zero-order valence-corrected chi connectivity index (χ0v) is 19.1. The van der Waals surface area contributed by atoms with Crippen LogP contribution in [0.15, 0.2) is 0 Å². The molecule has 0 aromatic carbocycles. The van der Waals surface area contributed by atoms with Crippen LogP contribution in [0, 0.1) is 0 Å². The molecular weight excluding hydrogens is 363 g/mol. The van der Waals surface area contributed by atoms with Crippen molar-refractivity contribution in [2.45, 2.75) is 117 Å². The molecule has 0 fully saturated rings. The van der Waals surface area contributed by atoms with Crippen LogP contribution in [0.2, 0.25) is 0 Å². The predicted molar refractivity (Wildman–Crippen MR) is 113 cm³/mol. The first-order valence-corrected chi connectivity index (χ1v) is 12.8. The van der Waals surface area contributed by atoms with Gasteiger partial charge in [-0.25, -0.2) is 9.45 Å². The van der Waals surface area contributed by atoms with E-state index >= 15 is 0 Å². The molecule has 0 radical (unpaired) electrons. The predicted octanol–water partition coefficient (Wildman–Crippen LogP) is 7.99. The monoisotopic (exact) mass is 408 g/mol. The summed E-state index contributed by atoms with van der Waals surface area (Å²) in [6, 6.07) is 0. The van der Waals surface area contributed by atoms with E-state index in [1.54, 1.807) is 0 Å². The molecule has 5 nitrogen and oxygen atoms in total. The Morgan fingerprint density at radius 2 is 0.889 bits per heavy atom. The van der Waals surface area contributed by atoms with E-state index in [-0.39, 0.29) is 0 Å². The third-order valence-electron chi connectivity index (χ3n) is 4.47. The largest absolute Gasteiger partial charge is 0.502 e. The zero-order chi connectivity index (χ0) is 20.1. The number of phosphoric acid groups is 1.